The highest BCUT2D eigenvalue weighted by Gasteiger charge is 2.41. The molecule has 0 saturated carbocycles. The van der Waals surface area contributed by atoms with E-state index in [-0.39, 0.29) is 23.9 Å². The molecule has 2 aliphatic heterocycles. The van der Waals surface area contributed by atoms with Crippen molar-refractivity contribution in [1.29, 1.82) is 0 Å². The van der Waals surface area contributed by atoms with Crippen molar-refractivity contribution in [3.63, 3.8) is 0 Å². The van der Waals surface area contributed by atoms with E-state index in [9.17, 15) is 9.18 Å². The van der Waals surface area contributed by atoms with Gasteiger partial charge in [-0.2, -0.15) is 0 Å². The van der Waals surface area contributed by atoms with Gasteiger partial charge < -0.3 is 14.8 Å². The Labute approximate surface area is 142 Å². The lowest BCUT2D eigenvalue weighted by Gasteiger charge is -2.35. The second-order valence-corrected chi connectivity index (χ2v) is 6.48. The van der Waals surface area contributed by atoms with Crippen LogP contribution in [0.4, 0.5) is 4.39 Å². The van der Waals surface area contributed by atoms with Crippen molar-refractivity contribution in [3.8, 4) is 0 Å². The smallest absolute Gasteiger partial charge is 0.249 e. The Balaban J connectivity index is 1.51. The van der Waals surface area contributed by atoms with Crippen LogP contribution in [0.3, 0.4) is 0 Å². The lowest BCUT2D eigenvalue weighted by molar-refractivity contribution is -0.144. The third kappa shape index (κ3) is 4.12. The summed E-state index contributed by atoms with van der Waals surface area (Å²) in [6.07, 6.45) is 2.38. The van der Waals surface area contributed by atoms with Crippen molar-refractivity contribution in [2.45, 2.75) is 44.1 Å². The Morgan fingerprint density at radius 3 is 2.88 bits per heavy atom. The molecule has 3 atom stereocenters. The second kappa shape index (κ2) is 8.05. The highest BCUT2D eigenvalue weighted by molar-refractivity contribution is 5.80. The number of carbonyl (C=O) groups is 1. The van der Waals surface area contributed by atoms with Crippen LogP contribution in [-0.4, -0.2) is 55.9 Å². The van der Waals surface area contributed by atoms with Crippen LogP contribution in [-0.2, 0) is 20.8 Å². The van der Waals surface area contributed by atoms with Crippen molar-refractivity contribution in [2.24, 2.45) is 0 Å². The topological polar surface area (TPSA) is 50.8 Å². The number of fused-ring (bicyclic) bond motifs is 1. The Bertz CT molecular complexity index is 552. The first-order valence-electron chi connectivity index (χ1n) is 8.58. The minimum absolute atomic E-state index is 0.0394. The predicted octanol–water partition coefficient (Wildman–Crippen LogP) is 1.71. The SMILES string of the molecule is COCCNC(=O)[C@H]1CC[C@@H]2[C@@H](CCN2Cc2ccc(F)cc2)O1. The number of methoxy groups -OCH3 is 1. The van der Waals surface area contributed by atoms with Crippen molar-refractivity contribution >= 4 is 5.91 Å². The van der Waals surface area contributed by atoms with Gasteiger partial charge in [0.25, 0.3) is 0 Å². The van der Waals surface area contributed by atoms with E-state index in [4.69, 9.17) is 9.47 Å². The molecule has 132 valence electrons. The molecule has 0 radical (unpaired) electrons. The number of benzene rings is 1. The minimum atomic E-state index is -0.353. The van der Waals surface area contributed by atoms with Crippen molar-refractivity contribution < 1.29 is 18.7 Å². The van der Waals surface area contributed by atoms with Crippen molar-refractivity contribution in [1.82, 2.24) is 10.2 Å². The van der Waals surface area contributed by atoms with Gasteiger partial charge in [-0.05, 0) is 37.0 Å². The number of hydrogen-bond acceptors (Lipinski definition) is 4. The van der Waals surface area contributed by atoms with E-state index in [0.29, 0.717) is 19.2 Å². The molecule has 0 spiro atoms. The largest absolute Gasteiger partial charge is 0.383 e. The third-order valence-corrected chi connectivity index (χ3v) is 4.86. The van der Waals surface area contributed by atoms with Crippen LogP contribution >= 0.6 is 0 Å². The van der Waals surface area contributed by atoms with Gasteiger partial charge >= 0.3 is 0 Å². The van der Waals surface area contributed by atoms with Crippen LogP contribution in [0, 0.1) is 5.82 Å². The quantitative estimate of drug-likeness (QED) is 0.804. The Morgan fingerprint density at radius 1 is 1.33 bits per heavy atom. The van der Waals surface area contributed by atoms with E-state index in [0.717, 1.165) is 37.9 Å². The van der Waals surface area contributed by atoms with Crippen LogP contribution in [0.5, 0.6) is 0 Å². The van der Waals surface area contributed by atoms with Gasteiger partial charge in [0.2, 0.25) is 5.91 Å². The predicted molar refractivity (Wildman–Crippen MR) is 88.0 cm³/mol. The van der Waals surface area contributed by atoms with Crippen LogP contribution in [0.15, 0.2) is 24.3 Å². The normalized spacial score (nSPS) is 27.0. The van der Waals surface area contributed by atoms with Gasteiger partial charge in [0.15, 0.2) is 0 Å². The van der Waals surface area contributed by atoms with Gasteiger partial charge in [0.05, 0.1) is 12.7 Å². The number of nitrogens with one attached hydrogen (secondary N) is 1. The molecular weight excluding hydrogens is 311 g/mol. The number of nitrogens with zero attached hydrogens (tertiary/aromatic N) is 1. The zero-order valence-electron chi connectivity index (χ0n) is 14.0. The molecule has 1 aromatic rings. The van der Waals surface area contributed by atoms with E-state index in [1.165, 1.54) is 12.1 Å². The molecule has 5 nitrogen and oxygen atoms in total. The number of ether oxygens (including phenoxy) is 2. The molecule has 2 heterocycles. The van der Waals surface area contributed by atoms with E-state index in [2.05, 4.69) is 10.2 Å². The summed E-state index contributed by atoms with van der Waals surface area (Å²) in [7, 11) is 1.61. The van der Waals surface area contributed by atoms with E-state index >= 15 is 0 Å². The summed E-state index contributed by atoms with van der Waals surface area (Å²) >= 11 is 0. The Morgan fingerprint density at radius 2 is 2.12 bits per heavy atom. The fourth-order valence-electron chi connectivity index (χ4n) is 3.62. The highest BCUT2D eigenvalue weighted by Crippen LogP contribution is 2.32. The standard InChI is InChI=1S/C18H25FN2O3/c1-23-11-9-20-18(22)17-7-6-15-16(24-17)8-10-21(15)12-13-2-4-14(19)5-3-13/h2-5,15-17H,6-12H2,1H3,(H,20,22)/t15-,16-,17-/m1/s1. The molecular formula is C18H25FN2O3. The highest BCUT2D eigenvalue weighted by atomic mass is 19.1. The van der Waals surface area contributed by atoms with E-state index in [1.54, 1.807) is 7.11 Å². The molecule has 1 aromatic carbocycles. The van der Waals surface area contributed by atoms with E-state index < -0.39 is 0 Å². The molecule has 2 aliphatic rings. The molecule has 24 heavy (non-hydrogen) atoms. The summed E-state index contributed by atoms with van der Waals surface area (Å²) < 4.78 is 24.0. The number of carbonyl (C=O) groups excluding carboxylic acids is 1. The molecule has 1 N–H and O–H groups in total. The average molecular weight is 336 g/mol. The maximum Gasteiger partial charge on any atom is 0.249 e. The average Bonchev–Trinajstić information content (AvgIpc) is 2.99. The van der Waals surface area contributed by atoms with Gasteiger partial charge in [0, 0.05) is 32.8 Å². The van der Waals surface area contributed by atoms with Crippen molar-refractivity contribution in [2.75, 3.05) is 26.8 Å². The molecule has 2 fully saturated rings. The Kier molecular flexibility index (Phi) is 5.81. The first-order chi connectivity index (χ1) is 11.7. The lowest BCUT2D eigenvalue weighted by Crippen LogP contribution is -2.48. The Hall–Kier alpha value is -1.50. The number of likely N-dealkylation sites (tertiary alicyclic amines) is 1. The summed E-state index contributed by atoms with van der Waals surface area (Å²) in [5, 5.41) is 2.85. The second-order valence-electron chi connectivity index (χ2n) is 6.48. The number of hydrogen-bond donors (Lipinski definition) is 1. The first kappa shape index (κ1) is 17.3. The van der Waals surface area contributed by atoms with Gasteiger partial charge in [-0.15, -0.1) is 0 Å². The maximum atomic E-state index is 13.0. The van der Waals surface area contributed by atoms with Gasteiger partial charge in [-0.3, -0.25) is 9.69 Å². The van der Waals surface area contributed by atoms with Crippen LogP contribution in [0.25, 0.3) is 0 Å². The molecule has 0 unspecified atom stereocenters. The first-order valence-corrected chi connectivity index (χ1v) is 8.58. The zero-order chi connectivity index (χ0) is 16.9. The third-order valence-electron chi connectivity index (χ3n) is 4.86. The van der Waals surface area contributed by atoms with Gasteiger partial charge in [0.1, 0.15) is 11.9 Å². The summed E-state index contributed by atoms with van der Waals surface area (Å²) in [6, 6.07) is 7.01. The van der Waals surface area contributed by atoms with Crippen LogP contribution < -0.4 is 5.32 Å². The maximum absolute atomic E-state index is 13.0. The van der Waals surface area contributed by atoms with Crippen LogP contribution in [0.2, 0.25) is 0 Å². The van der Waals surface area contributed by atoms with Gasteiger partial charge in [-0.25, -0.2) is 4.39 Å². The molecule has 0 aromatic heterocycles. The number of halogens is 1. The molecule has 1 amide bonds. The van der Waals surface area contributed by atoms with Crippen LogP contribution in [0.1, 0.15) is 24.8 Å². The summed E-state index contributed by atoms with van der Waals surface area (Å²) in [5.74, 6) is -0.246. The molecule has 0 aliphatic carbocycles. The minimum Gasteiger partial charge on any atom is -0.383 e. The number of amides is 1. The molecule has 3 rings (SSSR count). The van der Waals surface area contributed by atoms with Gasteiger partial charge in [-0.1, -0.05) is 12.1 Å². The van der Waals surface area contributed by atoms with Crippen molar-refractivity contribution in [3.05, 3.63) is 35.6 Å². The fourth-order valence-corrected chi connectivity index (χ4v) is 3.62. The molecule has 6 heteroatoms. The molecule has 0 bridgehead atoms. The summed E-state index contributed by atoms with van der Waals surface area (Å²) in [6.45, 7) is 2.77. The molecule has 2 saturated heterocycles. The summed E-state index contributed by atoms with van der Waals surface area (Å²) in [5.41, 5.74) is 1.11. The lowest BCUT2D eigenvalue weighted by atomic mass is 9.98. The van der Waals surface area contributed by atoms with E-state index in [1.807, 2.05) is 12.1 Å². The monoisotopic (exact) mass is 336 g/mol. The number of rotatable bonds is 6. The summed E-state index contributed by atoms with van der Waals surface area (Å²) in [4.78, 5) is 14.5. The zero-order valence-corrected chi connectivity index (χ0v) is 14.0. The fraction of sp³-hybridized carbons (Fsp3) is 0.611.